The Bertz CT molecular complexity index is 824. The molecule has 1 aliphatic rings. The third kappa shape index (κ3) is 4.75. The van der Waals surface area contributed by atoms with Gasteiger partial charge in [-0.15, -0.1) is 0 Å². The lowest BCUT2D eigenvalue weighted by molar-refractivity contribution is -0.129. The summed E-state index contributed by atoms with van der Waals surface area (Å²) in [5, 5.41) is 5.51. The molecule has 3 rings (SSSR count). The average molecular weight is 369 g/mol. The Kier molecular flexibility index (Phi) is 5.90. The second-order valence-corrected chi connectivity index (χ2v) is 6.55. The first kappa shape index (κ1) is 18.7. The summed E-state index contributed by atoms with van der Waals surface area (Å²) in [6.07, 6.45) is 3.82. The topological polar surface area (TPSA) is 91.7 Å². The van der Waals surface area contributed by atoms with E-state index < -0.39 is 0 Å². The number of carbonyl (C=O) groups excluding carboxylic acids is 3. The second kappa shape index (κ2) is 8.53. The summed E-state index contributed by atoms with van der Waals surface area (Å²) in [6, 6.07) is 8.28. The lowest BCUT2D eigenvalue weighted by Crippen LogP contribution is -2.32. The van der Waals surface area contributed by atoms with Gasteiger partial charge in [0.1, 0.15) is 0 Å². The van der Waals surface area contributed by atoms with Crippen LogP contribution in [0.4, 0.5) is 5.69 Å². The summed E-state index contributed by atoms with van der Waals surface area (Å²) in [5.74, 6) is -0.387. The van der Waals surface area contributed by atoms with Gasteiger partial charge in [-0.05, 0) is 49.6 Å². The predicted octanol–water partition coefficient (Wildman–Crippen LogP) is 2.58. The molecule has 2 heterocycles. The molecule has 2 aromatic rings. The van der Waals surface area contributed by atoms with E-state index in [9.17, 15) is 14.4 Å². The molecule has 1 saturated heterocycles. The molecule has 1 aliphatic heterocycles. The zero-order valence-electron chi connectivity index (χ0n) is 15.3. The maximum atomic E-state index is 12.4. The van der Waals surface area contributed by atoms with Crippen LogP contribution in [0.2, 0.25) is 0 Å². The zero-order chi connectivity index (χ0) is 19.2. The van der Waals surface area contributed by atoms with Crippen molar-refractivity contribution in [3.05, 3.63) is 53.5 Å². The summed E-state index contributed by atoms with van der Waals surface area (Å²) in [6.45, 7) is 3.75. The monoisotopic (exact) mass is 369 g/mol. The van der Waals surface area contributed by atoms with E-state index in [0.29, 0.717) is 17.7 Å². The average Bonchev–Trinajstić information content (AvgIpc) is 3.37. The van der Waals surface area contributed by atoms with Crippen LogP contribution in [0.3, 0.4) is 0 Å². The number of nitrogens with zero attached hydrogens (tertiary/aromatic N) is 1. The summed E-state index contributed by atoms with van der Waals surface area (Å²) in [7, 11) is 0. The van der Waals surface area contributed by atoms with Gasteiger partial charge in [-0.25, -0.2) is 0 Å². The third-order valence-corrected chi connectivity index (χ3v) is 4.58. The smallest absolute Gasteiger partial charge is 0.291 e. The highest BCUT2D eigenvalue weighted by molar-refractivity contribution is 6.04. The van der Waals surface area contributed by atoms with E-state index >= 15 is 0 Å². The van der Waals surface area contributed by atoms with Crippen molar-refractivity contribution >= 4 is 23.4 Å². The van der Waals surface area contributed by atoms with Crippen molar-refractivity contribution in [3.63, 3.8) is 0 Å². The molecule has 7 nitrogen and oxygen atoms in total. The number of likely N-dealkylation sites (tertiary alicyclic amines) is 1. The Morgan fingerprint density at radius 2 is 1.89 bits per heavy atom. The van der Waals surface area contributed by atoms with Crippen molar-refractivity contribution in [1.29, 1.82) is 0 Å². The van der Waals surface area contributed by atoms with Gasteiger partial charge in [0.05, 0.1) is 6.26 Å². The van der Waals surface area contributed by atoms with Crippen LogP contribution in [-0.4, -0.2) is 42.3 Å². The Morgan fingerprint density at radius 1 is 1.11 bits per heavy atom. The van der Waals surface area contributed by atoms with Gasteiger partial charge in [0.15, 0.2) is 5.76 Å². The van der Waals surface area contributed by atoms with E-state index in [0.717, 1.165) is 31.5 Å². The Labute approximate surface area is 157 Å². The third-order valence-electron chi connectivity index (χ3n) is 4.58. The lowest BCUT2D eigenvalue weighted by atomic mass is 10.1. The van der Waals surface area contributed by atoms with E-state index in [2.05, 4.69) is 10.6 Å². The first-order valence-electron chi connectivity index (χ1n) is 9.06. The molecule has 0 aliphatic carbocycles. The molecular formula is C20H23N3O4. The highest BCUT2D eigenvalue weighted by Gasteiger charge is 2.18. The molecule has 0 spiro atoms. The van der Waals surface area contributed by atoms with E-state index in [1.807, 2.05) is 11.8 Å². The van der Waals surface area contributed by atoms with E-state index in [-0.39, 0.29) is 30.0 Å². The number of nitrogens with one attached hydrogen (secondary N) is 2. The SMILES string of the molecule is Cc1ccc(C(=O)NCCC(=O)N2CCCC2)cc1NC(=O)c1ccco1. The van der Waals surface area contributed by atoms with Crippen LogP contribution < -0.4 is 10.6 Å². The van der Waals surface area contributed by atoms with Crippen molar-refractivity contribution in [1.82, 2.24) is 10.2 Å². The molecule has 0 radical (unpaired) electrons. The summed E-state index contributed by atoms with van der Waals surface area (Å²) < 4.78 is 5.08. The van der Waals surface area contributed by atoms with Crippen LogP contribution >= 0.6 is 0 Å². The summed E-state index contributed by atoms with van der Waals surface area (Å²) >= 11 is 0. The maximum absolute atomic E-state index is 12.4. The fourth-order valence-electron chi connectivity index (χ4n) is 3.00. The highest BCUT2D eigenvalue weighted by atomic mass is 16.3. The predicted molar refractivity (Wildman–Crippen MR) is 101 cm³/mol. The minimum absolute atomic E-state index is 0.0723. The molecular weight excluding hydrogens is 346 g/mol. The van der Waals surface area contributed by atoms with E-state index in [4.69, 9.17) is 4.42 Å². The molecule has 0 atom stereocenters. The number of amides is 3. The normalized spacial score (nSPS) is 13.4. The van der Waals surface area contributed by atoms with Crippen LogP contribution in [0.25, 0.3) is 0 Å². The van der Waals surface area contributed by atoms with Gasteiger partial charge < -0.3 is 20.0 Å². The minimum Gasteiger partial charge on any atom is -0.459 e. The number of aryl methyl sites for hydroxylation is 1. The number of carbonyl (C=O) groups is 3. The van der Waals surface area contributed by atoms with Gasteiger partial charge in [0.25, 0.3) is 11.8 Å². The number of hydrogen-bond acceptors (Lipinski definition) is 4. The van der Waals surface area contributed by atoms with Crippen molar-refractivity contribution in [2.45, 2.75) is 26.2 Å². The quantitative estimate of drug-likeness (QED) is 0.819. The molecule has 7 heteroatoms. The fourth-order valence-corrected chi connectivity index (χ4v) is 3.00. The van der Waals surface area contributed by atoms with Gasteiger partial charge in [0.2, 0.25) is 5.91 Å². The van der Waals surface area contributed by atoms with Crippen molar-refractivity contribution in [2.75, 3.05) is 25.0 Å². The molecule has 0 bridgehead atoms. The molecule has 0 saturated carbocycles. The largest absolute Gasteiger partial charge is 0.459 e. The number of anilines is 1. The Morgan fingerprint density at radius 3 is 2.59 bits per heavy atom. The van der Waals surface area contributed by atoms with E-state index in [1.165, 1.54) is 6.26 Å². The van der Waals surface area contributed by atoms with Gasteiger partial charge in [0, 0.05) is 37.3 Å². The maximum Gasteiger partial charge on any atom is 0.291 e. The van der Waals surface area contributed by atoms with Crippen molar-refractivity contribution < 1.29 is 18.8 Å². The molecule has 1 fully saturated rings. The minimum atomic E-state index is -0.378. The lowest BCUT2D eigenvalue weighted by Gasteiger charge is -2.15. The van der Waals surface area contributed by atoms with Crippen LogP contribution in [-0.2, 0) is 4.79 Å². The highest BCUT2D eigenvalue weighted by Crippen LogP contribution is 2.18. The van der Waals surface area contributed by atoms with Gasteiger partial charge in [-0.2, -0.15) is 0 Å². The molecule has 142 valence electrons. The van der Waals surface area contributed by atoms with Crippen LogP contribution in [0, 0.1) is 6.92 Å². The number of hydrogen-bond donors (Lipinski definition) is 2. The molecule has 27 heavy (non-hydrogen) atoms. The number of benzene rings is 1. The van der Waals surface area contributed by atoms with Crippen LogP contribution in [0.5, 0.6) is 0 Å². The van der Waals surface area contributed by atoms with E-state index in [1.54, 1.807) is 30.3 Å². The number of rotatable bonds is 6. The zero-order valence-corrected chi connectivity index (χ0v) is 15.3. The van der Waals surface area contributed by atoms with Crippen LogP contribution in [0.15, 0.2) is 41.0 Å². The van der Waals surface area contributed by atoms with Gasteiger partial charge in [-0.3, -0.25) is 14.4 Å². The van der Waals surface area contributed by atoms with Crippen LogP contribution in [0.1, 0.15) is 45.7 Å². The Balaban J connectivity index is 1.56. The van der Waals surface area contributed by atoms with Crippen molar-refractivity contribution in [3.8, 4) is 0 Å². The first-order chi connectivity index (χ1) is 13.0. The fraction of sp³-hybridized carbons (Fsp3) is 0.350. The molecule has 3 amide bonds. The van der Waals surface area contributed by atoms with Gasteiger partial charge >= 0.3 is 0 Å². The van der Waals surface area contributed by atoms with Crippen molar-refractivity contribution in [2.24, 2.45) is 0 Å². The summed E-state index contributed by atoms with van der Waals surface area (Å²) in [5.41, 5.74) is 1.79. The first-order valence-corrected chi connectivity index (χ1v) is 9.06. The molecule has 0 unspecified atom stereocenters. The van der Waals surface area contributed by atoms with Gasteiger partial charge in [-0.1, -0.05) is 6.07 Å². The molecule has 1 aromatic carbocycles. The molecule has 1 aromatic heterocycles. The number of furan rings is 1. The standard InChI is InChI=1S/C20H23N3O4/c1-14-6-7-15(13-16(14)22-20(26)17-5-4-12-27-17)19(25)21-9-8-18(24)23-10-2-3-11-23/h4-7,12-13H,2-3,8-11H2,1H3,(H,21,25)(H,22,26). The molecule has 2 N–H and O–H groups in total. The second-order valence-electron chi connectivity index (χ2n) is 6.55. The Hall–Kier alpha value is -3.09. The summed E-state index contributed by atoms with van der Waals surface area (Å²) in [4.78, 5) is 38.3.